The molecule has 1 aromatic heterocycles. The Bertz CT molecular complexity index is 1180. The molecule has 0 aliphatic carbocycles. The van der Waals surface area contributed by atoms with Crippen molar-refractivity contribution >= 4 is 21.6 Å². The van der Waals surface area contributed by atoms with E-state index >= 15 is 0 Å². The van der Waals surface area contributed by atoms with Gasteiger partial charge in [-0.2, -0.15) is 4.68 Å². The number of nitrogens with zero attached hydrogens (tertiary/aromatic N) is 4. The van der Waals surface area contributed by atoms with Gasteiger partial charge in [-0.1, -0.05) is 0 Å². The number of sulfonamides is 1. The first-order valence-corrected chi connectivity index (χ1v) is 10.4. The molecule has 0 radical (unpaired) electrons. The van der Waals surface area contributed by atoms with Crippen LogP contribution in [0.4, 0.5) is 10.1 Å². The van der Waals surface area contributed by atoms with E-state index in [2.05, 4.69) is 25.6 Å². The van der Waals surface area contributed by atoms with E-state index in [0.29, 0.717) is 11.5 Å². The van der Waals surface area contributed by atoms with E-state index < -0.39 is 27.3 Å². The molecule has 2 N–H and O–H groups in total. The first kappa shape index (κ1) is 21.5. The molecule has 30 heavy (non-hydrogen) atoms. The number of amides is 1. The summed E-state index contributed by atoms with van der Waals surface area (Å²) >= 11 is 0. The van der Waals surface area contributed by atoms with Gasteiger partial charge >= 0.3 is 0 Å². The van der Waals surface area contributed by atoms with Gasteiger partial charge in [0.25, 0.3) is 5.91 Å². The van der Waals surface area contributed by atoms with Crippen molar-refractivity contribution in [3.05, 3.63) is 59.7 Å². The summed E-state index contributed by atoms with van der Waals surface area (Å²) < 4.78 is 42.9. The molecule has 3 rings (SSSR count). The number of tetrazole rings is 1. The normalized spacial score (nSPS) is 12.0. The number of benzene rings is 2. The lowest BCUT2D eigenvalue weighted by atomic mass is 10.1. The number of rotatable bonds is 5. The Labute approximate surface area is 173 Å². The monoisotopic (exact) mass is 432 g/mol. The molecule has 0 saturated carbocycles. The van der Waals surface area contributed by atoms with E-state index in [-0.39, 0.29) is 16.1 Å². The van der Waals surface area contributed by atoms with Crippen LogP contribution in [-0.4, -0.2) is 40.1 Å². The van der Waals surface area contributed by atoms with Crippen molar-refractivity contribution in [2.45, 2.75) is 38.1 Å². The van der Waals surface area contributed by atoms with E-state index in [1.807, 2.05) is 0 Å². The highest BCUT2D eigenvalue weighted by Gasteiger charge is 2.22. The summed E-state index contributed by atoms with van der Waals surface area (Å²) in [6.07, 6.45) is 0. The van der Waals surface area contributed by atoms with Crippen LogP contribution in [0.1, 0.15) is 37.0 Å². The Morgan fingerprint density at radius 3 is 2.33 bits per heavy atom. The molecule has 3 aromatic rings. The largest absolute Gasteiger partial charge is 0.319 e. The van der Waals surface area contributed by atoms with Gasteiger partial charge in [-0.25, -0.2) is 17.5 Å². The van der Waals surface area contributed by atoms with Crippen LogP contribution in [0.2, 0.25) is 0 Å². The van der Waals surface area contributed by atoms with Gasteiger partial charge in [0.1, 0.15) is 5.82 Å². The highest BCUT2D eigenvalue weighted by Crippen LogP contribution is 2.20. The van der Waals surface area contributed by atoms with Crippen molar-refractivity contribution in [3.8, 4) is 5.69 Å². The predicted molar refractivity (Wildman–Crippen MR) is 108 cm³/mol. The second kappa shape index (κ2) is 7.92. The quantitative estimate of drug-likeness (QED) is 0.639. The Hall–Kier alpha value is -3.18. The number of carbonyl (C=O) groups is 1. The van der Waals surface area contributed by atoms with Gasteiger partial charge in [0.15, 0.2) is 5.82 Å². The Morgan fingerprint density at radius 1 is 1.10 bits per heavy atom. The van der Waals surface area contributed by atoms with Crippen LogP contribution in [0.3, 0.4) is 0 Å². The molecule has 0 bridgehead atoms. The van der Waals surface area contributed by atoms with E-state index in [0.717, 1.165) is 0 Å². The molecule has 158 valence electrons. The van der Waals surface area contributed by atoms with E-state index in [1.54, 1.807) is 27.7 Å². The fraction of sp³-hybridized carbons (Fsp3) is 0.263. The zero-order valence-electron chi connectivity index (χ0n) is 16.8. The zero-order valence-corrected chi connectivity index (χ0v) is 17.7. The molecule has 1 heterocycles. The summed E-state index contributed by atoms with van der Waals surface area (Å²) in [4.78, 5) is 12.6. The minimum atomic E-state index is -3.72. The highest BCUT2D eigenvalue weighted by molar-refractivity contribution is 7.89. The molecule has 0 aliphatic rings. The second-order valence-electron chi connectivity index (χ2n) is 7.64. The number of halogens is 1. The van der Waals surface area contributed by atoms with Crippen LogP contribution in [0.15, 0.2) is 47.4 Å². The molecular weight excluding hydrogens is 411 g/mol. The van der Waals surface area contributed by atoms with Crippen LogP contribution in [-0.2, 0) is 10.0 Å². The summed E-state index contributed by atoms with van der Waals surface area (Å²) in [6.45, 7) is 6.87. The van der Waals surface area contributed by atoms with Gasteiger partial charge in [-0.15, -0.1) is 5.10 Å². The van der Waals surface area contributed by atoms with Gasteiger partial charge < -0.3 is 5.32 Å². The van der Waals surface area contributed by atoms with E-state index in [9.17, 15) is 17.6 Å². The first-order valence-electron chi connectivity index (χ1n) is 8.96. The number of aromatic nitrogens is 4. The molecule has 0 aliphatic heterocycles. The van der Waals surface area contributed by atoms with Gasteiger partial charge in [0.05, 0.1) is 16.3 Å². The summed E-state index contributed by atoms with van der Waals surface area (Å²) in [5, 5.41) is 13.6. The summed E-state index contributed by atoms with van der Waals surface area (Å²) in [7, 11) is -3.72. The molecule has 2 aromatic carbocycles. The van der Waals surface area contributed by atoms with Crippen LogP contribution in [0.25, 0.3) is 5.69 Å². The molecule has 11 heteroatoms. The molecule has 0 unspecified atom stereocenters. The number of anilines is 1. The number of aryl methyl sites for hydroxylation is 1. The van der Waals surface area contributed by atoms with Gasteiger partial charge in [0.2, 0.25) is 10.0 Å². The molecule has 0 atom stereocenters. The lowest BCUT2D eigenvalue weighted by Gasteiger charge is -2.20. The zero-order chi connectivity index (χ0) is 22.1. The maximum absolute atomic E-state index is 14.2. The topological polar surface area (TPSA) is 119 Å². The fourth-order valence-electron chi connectivity index (χ4n) is 2.65. The predicted octanol–water partition coefficient (Wildman–Crippen LogP) is 2.44. The van der Waals surface area contributed by atoms with Gasteiger partial charge in [-0.05, 0) is 80.6 Å². The van der Waals surface area contributed by atoms with Crippen molar-refractivity contribution < 1.29 is 17.6 Å². The number of nitrogens with one attached hydrogen (secondary N) is 2. The van der Waals surface area contributed by atoms with Crippen molar-refractivity contribution in [1.82, 2.24) is 24.9 Å². The highest BCUT2D eigenvalue weighted by atomic mass is 32.2. The molecule has 0 saturated heterocycles. The Morgan fingerprint density at radius 2 is 1.77 bits per heavy atom. The van der Waals surface area contributed by atoms with E-state index in [1.165, 1.54) is 47.1 Å². The van der Waals surface area contributed by atoms with Crippen molar-refractivity contribution in [3.63, 3.8) is 0 Å². The lowest BCUT2D eigenvalue weighted by Crippen LogP contribution is -2.40. The maximum atomic E-state index is 14.2. The van der Waals surface area contributed by atoms with Crippen molar-refractivity contribution in [1.29, 1.82) is 0 Å². The number of hydrogen-bond donors (Lipinski definition) is 2. The summed E-state index contributed by atoms with van der Waals surface area (Å²) in [5.41, 5.74) is -0.0504. The minimum Gasteiger partial charge on any atom is -0.319 e. The Balaban J connectivity index is 1.81. The average Bonchev–Trinajstić information content (AvgIpc) is 3.07. The van der Waals surface area contributed by atoms with Crippen LogP contribution >= 0.6 is 0 Å². The van der Waals surface area contributed by atoms with Gasteiger partial charge in [-0.3, -0.25) is 4.79 Å². The summed E-state index contributed by atoms with van der Waals surface area (Å²) in [5.74, 6) is -0.724. The standard InChI is InChI=1S/C19H21FN6O3S/c1-12-22-24-25-26(12)14-7-10-16(20)17(11-14)21-18(27)13-5-8-15(9-6-13)30(28,29)23-19(2,3)4/h5-11,23H,1-4H3,(H,21,27). The van der Waals surface area contributed by atoms with E-state index in [4.69, 9.17) is 0 Å². The maximum Gasteiger partial charge on any atom is 0.255 e. The smallest absolute Gasteiger partial charge is 0.255 e. The van der Waals surface area contributed by atoms with Crippen molar-refractivity contribution in [2.24, 2.45) is 0 Å². The SMILES string of the molecule is Cc1nnnn1-c1ccc(F)c(NC(=O)c2ccc(S(=O)(=O)NC(C)(C)C)cc2)c1. The first-order chi connectivity index (χ1) is 14.0. The minimum absolute atomic E-state index is 0.0244. The van der Waals surface area contributed by atoms with Crippen LogP contribution in [0, 0.1) is 12.7 Å². The fourth-order valence-corrected chi connectivity index (χ4v) is 4.07. The average molecular weight is 432 g/mol. The lowest BCUT2D eigenvalue weighted by molar-refractivity contribution is 0.102. The third-order valence-corrected chi connectivity index (χ3v) is 5.71. The molecule has 9 nitrogen and oxygen atoms in total. The van der Waals surface area contributed by atoms with Gasteiger partial charge in [0, 0.05) is 11.1 Å². The molecule has 0 fully saturated rings. The third-order valence-electron chi connectivity index (χ3n) is 3.94. The number of hydrogen-bond acceptors (Lipinski definition) is 6. The van der Waals surface area contributed by atoms with Crippen LogP contribution in [0.5, 0.6) is 0 Å². The summed E-state index contributed by atoms with van der Waals surface area (Å²) in [6, 6.07) is 9.44. The van der Waals surface area contributed by atoms with Crippen LogP contribution < -0.4 is 10.0 Å². The Kier molecular flexibility index (Phi) is 5.68. The molecule has 1 amide bonds. The number of carbonyl (C=O) groups excluding carboxylic acids is 1. The molecular formula is C19H21FN6O3S. The third kappa shape index (κ3) is 4.86. The van der Waals surface area contributed by atoms with Crippen molar-refractivity contribution in [2.75, 3.05) is 5.32 Å². The molecule has 0 spiro atoms. The second-order valence-corrected chi connectivity index (χ2v) is 9.32.